The molecule has 0 spiro atoms. The van der Waals surface area contributed by atoms with Crippen molar-refractivity contribution in [2.75, 3.05) is 13.1 Å². The van der Waals surface area contributed by atoms with Gasteiger partial charge in [-0.15, -0.1) is 11.3 Å². The van der Waals surface area contributed by atoms with Gasteiger partial charge in [-0.25, -0.2) is 13.1 Å². The van der Waals surface area contributed by atoms with E-state index in [1.165, 1.54) is 12.8 Å². The standard InChI is InChI=1S/C12H18N2O3S2/c15-7-9-5-12(18-8-9)19(16,17)13-10-3-4-14(6-10)11-1-2-11/h5,8,10-11,13,15H,1-4,6-7H2. The second-order valence-electron chi connectivity index (χ2n) is 5.27. The Balaban J connectivity index is 1.64. The molecule has 19 heavy (non-hydrogen) atoms. The van der Waals surface area contributed by atoms with Crippen LogP contribution >= 0.6 is 11.3 Å². The van der Waals surface area contributed by atoms with Crippen LogP contribution < -0.4 is 4.72 Å². The predicted octanol–water partition coefficient (Wildman–Crippen LogP) is 0.755. The van der Waals surface area contributed by atoms with Crippen molar-refractivity contribution in [1.82, 2.24) is 9.62 Å². The number of nitrogens with zero attached hydrogens (tertiary/aromatic N) is 1. The van der Waals surface area contributed by atoms with Gasteiger partial charge in [-0.1, -0.05) is 0 Å². The minimum absolute atomic E-state index is 0.0188. The fraction of sp³-hybridized carbons (Fsp3) is 0.667. The Morgan fingerprint density at radius 2 is 2.21 bits per heavy atom. The molecular formula is C12H18N2O3S2. The van der Waals surface area contributed by atoms with Crippen LogP contribution in [0.5, 0.6) is 0 Å². The van der Waals surface area contributed by atoms with E-state index < -0.39 is 10.0 Å². The Bertz CT molecular complexity index is 551. The molecule has 0 amide bonds. The van der Waals surface area contributed by atoms with Crippen LogP contribution in [0.3, 0.4) is 0 Å². The Morgan fingerprint density at radius 3 is 2.84 bits per heavy atom. The first-order valence-electron chi connectivity index (χ1n) is 6.53. The van der Waals surface area contributed by atoms with Gasteiger partial charge in [0, 0.05) is 25.2 Å². The molecule has 106 valence electrons. The van der Waals surface area contributed by atoms with Crippen molar-refractivity contribution < 1.29 is 13.5 Å². The second kappa shape index (κ2) is 5.14. The SMILES string of the molecule is O=S(=O)(NC1CCN(C2CC2)C1)c1cc(CO)cs1. The van der Waals surface area contributed by atoms with Gasteiger partial charge in [-0.05, 0) is 36.3 Å². The number of aliphatic hydroxyl groups excluding tert-OH is 1. The van der Waals surface area contributed by atoms with Crippen molar-refractivity contribution in [3.63, 3.8) is 0 Å². The molecule has 1 aliphatic carbocycles. The summed E-state index contributed by atoms with van der Waals surface area (Å²) in [5.41, 5.74) is 0.649. The van der Waals surface area contributed by atoms with E-state index in [4.69, 9.17) is 5.11 Å². The zero-order chi connectivity index (χ0) is 13.5. The van der Waals surface area contributed by atoms with Gasteiger partial charge in [0.15, 0.2) is 0 Å². The fourth-order valence-corrected chi connectivity index (χ4v) is 4.99. The molecule has 2 aliphatic rings. The van der Waals surface area contributed by atoms with E-state index >= 15 is 0 Å². The van der Waals surface area contributed by atoms with Gasteiger partial charge in [0.05, 0.1) is 6.61 Å². The van der Waals surface area contributed by atoms with E-state index in [1.54, 1.807) is 11.4 Å². The number of aliphatic hydroxyl groups is 1. The third kappa shape index (κ3) is 3.00. The summed E-state index contributed by atoms with van der Waals surface area (Å²) in [7, 11) is -3.43. The maximum absolute atomic E-state index is 12.2. The van der Waals surface area contributed by atoms with Gasteiger partial charge in [0.1, 0.15) is 4.21 Å². The molecule has 2 N–H and O–H groups in total. The summed E-state index contributed by atoms with van der Waals surface area (Å²) in [6, 6.07) is 2.25. The molecule has 1 atom stereocenters. The molecule has 0 bridgehead atoms. The molecule has 1 aliphatic heterocycles. The first-order valence-corrected chi connectivity index (χ1v) is 8.89. The molecule has 2 heterocycles. The number of sulfonamides is 1. The highest BCUT2D eigenvalue weighted by atomic mass is 32.2. The quantitative estimate of drug-likeness (QED) is 0.842. The first kappa shape index (κ1) is 13.5. The van der Waals surface area contributed by atoms with Gasteiger partial charge in [-0.2, -0.15) is 0 Å². The molecule has 1 aromatic heterocycles. The van der Waals surface area contributed by atoms with Crippen LogP contribution in [0, 0.1) is 0 Å². The molecule has 5 nitrogen and oxygen atoms in total. The van der Waals surface area contributed by atoms with Crippen LogP contribution in [-0.4, -0.2) is 43.6 Å². The zero-order valence-corrected chi connectivity index (χ0v) is 12.2. The molecule has 1 unspecified atom stereocenters. The van der Waals surface area contributed by atoms with Crippen molar-refractivity contribution >= 4 is 21.4 Å². The lowest BCUT2D eigenvalue weighted by Gasteiger charge is -2.15. The van der Waals surface area contributed by atoms with Crippen LogP contribution in [-0.2, 0) is 16.6 Å². The van der Waals surface area contributed by atoms with E-state index in [9.17, 15) is 8.42 Å². The highest BCUT2D eigenvalue weighted by Crippen LogP contribution is 2.30. The van der Waals surface area contributed by atoms with Crippen LogP contribution in [0.2, 0.25) is 0 Å². The molecule has 1 saturated carbocycles. The Labute approximate surface area is 117 Å². The number of rotatable bonds is 5. The first-order chi connectivity index (χ1) is 9.08. The van der Waals surface area contributed by atoms with E-state index in [0.717, 1.165) is 30.8 Å². The summed E-state index contributed by atoms with van der Waals surface area (Å²) in [5.74, 6) is 0. The maximum Gasteiger partial charge on any atom is 0.250 e. The van der Waals surface area contributed by atoms with Crippen molar-refractivity contribution in [2.45, 2.75) is 42.2 Å². The maximum atomic E-state index is 12.2. The summed E-state index contributed by atoms with van der Waals surface area (Å²) in [4.78, 5) is 2.38. The highest BCUT2D eigenvalue weighted by Gasteiger charge is 2.35. The van der Waals surface area contributed by atoms with Gasteiger partial charge in [0.25, 0.3) is 0 Å². The summed E-state index contributed by atoms with van der Waals surface area (Å²) in [6.07, 6.45) is 3.39. The molecule has 7 heteroatoms. The molecule has 0 aromatic carbocycles. The van der Waals surface area contributed by atoms with Gasteiger partial charge in [0.2, 0.25) is 10.0 Å². The minimum atomic E-state index is -3.43. The molecule has 3 rings (SSSR count). The molecule has 1 saturated heterocycles. The lowest BCUT2D eigenvalue weighted by Crippen LogP contribution is -2.37. The minimum Gasteiger partial charge on any atom is -0.392 e. The number of thiophene rings is 1. The fourth-order valence-electron chi connectivity index (χ4n) is 2.51. The number of likely N-dealkylation sites (tertiary alicyclic amines) is 1. The van der Waals surface area contributed by atoms with Gasteiger partial charge in [-0.3, -0.25) is 4.90 Å². The largest absolute Gasteiger partial charge is 0.392 e. The van der Waals surface area contributed by atoms with Crippen LogP contribution in [0.1, 0.15) is 24.8 Å². The Kier molecular flexibility index (Phi) is 3.65. The third-order valence-corrected chi connectivity index (χ3v) is 6.69. The molecular weight excluding hydrogens is 284 g/mol. The van der Waals surface area contributed by atoms with Crippen molar-refractivity contribution in [1.29, 1.82) is 0 Å². The van der Waals surface area contributed by atoms with E-state index in [-0.39, 0.29) is 12.6 Å². The van der Waals surface area contributed by atoms with Crippen molar-refractivity contribution in [3.8, 4) is 0 Å². The Hall–Kier alpha value is -0.470. The van der Waals surface area contributed by atoms with E-state index in [0.29, 0.717) is 15.8 Å². The zero-order valence-electron chi connectivity index (χ0n) is 10.6. The normalized spacial score (nSPS) is 25.0. The van der Waals surface area contributed by atoms with Crippen molar-refractivity contribution in [2.24, 2.45) is 0 Å². The van der Waals surface area contributed by atoms with Crippen LogP contribution in [0.4, 0.5) is 0 Å². The third-order valence-electron chi connectivity index (χ3n) is 3.68. The van der Waals surface area contributed by atoms with Crippen LogP contribution in [0.15, 0.2) is 15.7 Å². The Morgan fingerprint density at radius 1 is 1.42 bits per heavy atom. The number of hydrogen-bond donors (Lipinski definition) is 2. The van der Waals surface area contributed by atoms with E-state index in [1.807, 2.05) is 0 Å². The topological polar surface area (TPSA) is 69.6 Å². The highest BCUT2D eigenvalue weighted by molar-refractivity contribution is 7.91. The monoisotopic (exact) mass is 302 g/mol. The summed E-state index contributed by atoms with van der Waals surface area (Å²) in [5, 5.41) is 10.7. The summed E-state index contributed by atoms with van der Waals surface area (Å²) < 4.78 is 27.5. The number of nitrogens with one attached hydrogen (secondary N) is 1. The average molecular weight is 302 g/mol. The van der Waals surface area contributed by atoms with E-state index in [2.05, 4.69) is 9.62 Å². The van der Waals surface area contributed by atoms with Gasteiger partial charge < -0.3 is 5.11 Å². The molecule has 0 radical (unpaired) electrons. The summed E-state index contributed by atoms with van der Waals surface area (Å²) in [6.45, 7) is 1.69. The van der Waals surface area contributed by atoms with Crippen LogP contribution in [0.25, 0.3) is 0 Å². The summed E-state index contributed by atoms with van der Waals surface area (Å²) >= 11 is 1.16. The average Bonchev–Trinajstić information content (AvgIpc) is 2.92. The molecule has 1 aromatic rings. The van der Waals surface area contributed by atoms with Crippen molar-refractivity contribution in [3.05, 3.63) is 17.0 Å². The van der Waals surface area contributed by atoms with Gasteiger partial charge >= 0.3 is 0 Å². The predicted molar refractivity (Wildman–Crippen MR) is 73.6 cm³/mol. The second-order valence-corrected chi connectivity index (χ2v) is 8.12. The lowest BCUT2D eigenvalue weighted by atomic mass is 10.3. The molecule has 2 fully saturated rings. The smallest absolute Gasteiger partial charge is 0.250 e. The lowest BCUT2D eigenvalue weighted by molar-refractivity contribution is 0.282. The number of hydrogen-bond acceptors (Lipinski definition) is 5.